The van der Waals surface area contributed by atoms with Crippen LogP contribution in [0.15, 0.2) is 47.1 Å². The molecular formula is C29H39NO3. The van der Waals surface area contributed by atoms with E-state index < -0.39 is 5.60 Å². The van der Waals surface area contributed by atoms with E-state index in [0.29, 0.717) is 30.5 Å². The van der Waals surface area contributed by atoms with Crippen molar-refractivity contribution in [3.63, 3.8) is 0 Å². The van der Waals surface area contributed by atoms with Crippen LogP contribution >= 0.6 is 0 Å². The van der Waals surface area contributed by atoms with Gasteiger partial charge in [-0.3, -0.25) is 4.79 Å². The van der Waals surface area contributed by atoms with Gasteiger partial charge in [0.1, 0.15) is 0 Å². The Morgan fingerprint density at radius 2 is 1.85 bits per heavy atom. The van der Waals surface area contributed by atoms with Crippen LogP contribution in [0.1, 0.15) is 76.4 Å². The number of fused-ring (bicyclic) bond motifs is 4. The molecule has 1 unspecified atom stereocenters. The maximum atomic E-state index is 12.1. The number of carbonyl (C=O) groups is 1. The summed E-state index contributed by atoms with van der Waals surface area (Å²) in [4.78, 5) is 14.1. The second kappa shape index (κ2) is 8.39. The minimum atomic E-state index is -0.715. The van der Waals surface area contributed by atoms with E-state index in [-0.39, 0.29) is 11.5 Å². The molecule has 0 saturated heterocycles. The Hall–Kier alpha value is -1.91. The van der Waals surface area contributed by atoms with Crippen molar-refractivity contribution in [3.8, 4) is 0 Å². The summed E-state index contributed by atoms with van der Waals surface area (Å²) < 4.78 is 5.95. The van der Waals surface area contributed by atoms with Crippen molar-refractivity contribution in [2.75, 3.05) is 26.1 Å². The summed E-state index contributed by atoms with van der Waals surface area (Å²) in [6.45, 7) is 2.35. The molecule has 0 heterocycles. The fourth-order valence-electron chi connectivity index (χ4n) is 7.61. The number of carbonyl (C=O) groups excluding carboxylic acids is 1. The Morgan fingerprint density at radius 3 is 2.55 bits per heavy atom. The second-order valence-electron chi connectivity index (χ2n) is 11.3. The minimum absolute atomic E-state index is 0.0895. The highest BCUT2D eigenvalue weighted by Crippen LogP contribution is 2.65. The first kappa shape index (κ1) is 22.9. The van der Waals surface area contributed by atoms with Gasteiger partial charge in [0.05, 0.1) is 11.7 Å². The first-order valence-electron chi connectivity index (χ1n) is 12.7. The van der Waals surface area contributed by atoms with Crippen molar-refractivity contribution in [1.82, 2.24) is 0 Å². The van der Waals surface area contributed by atoms with Crippen molar-refractivity contribution in [2.45, 2.75) is 76.4 Å². The molecule has 0 aromatic heterocycles. The van der Waals surface area contributed by atoms with E-state index >= 15 is 0 Å². The molecule has 4 aliphatic carbocycles. The van der Waals surface area contributed by atoms with Gasteiger partial charge in [-0.25, -0.2) is 0 Å². The molecule has 0 radical (unpaired) electrons. The van der Waals surface area contributed by atoms with Crippen molar-refractivity contribution in [2.24, 2.45) is 17.3 Å². The topological polar surface area (TPSA) is 49.8 Å². The van der Waals surface area contributed by atoms with Gasteiger partial charge >= 0.3 is 0 Å². The van der Waals surface area contributed by atoms with Crippen LogP contribution in [0, 0.1) is 17.3 Å². The molecule has 1 aromatic rings. The number of ether oxygens (including phenoxy) is 1. The lowest BCUT2D eigenvalue weighted by atomic mass is 9.54. The number of aliphatic hydroxyl groups is 1. The third-order valence-electron chi connectivity index (χ3n) is 9.64. The predicted molar refractivity (Wildman–Crippen MR) is 132 cm³/mol. The van der Waals surface area contributed by atoms with Gasteiger partial charge in [-0.15, -0.1) is 0 Å². The summed E-state index contributed by atoms with van der Waals surface area (Å²) in [7, 11) is 5.87. The molecule has 0 bridgehead atoms. The Kier molecular flexibility index (Phi) is 5.81. The molecule has 1 N–H and O–H groups in total. The number of hydrogen-bond acceptors (Lipinski definition) is 4. The Labute approximate surface area is 198 Å². The van der Waals surface area contributed by atoms with Crippen molar-refractivity contribution in [3.05, 3.63) is 52.6 Å². The van der Waals surface area contributed by atoms with Gasteiger partial charge in [-0.1, -0.05) is 24.6 Å². The zero-order chi connectivity index (χ0) is 23.4. The van der Waals surface area contributed by atoms with Crippen LogP contribution in [0.4, 0.5) is 5.69 Å². The van der Waals surface area contributed by atoms with E-state index in [1.54, 1.807) is 12.7 Å². The number of nitrogens with zero attached hydrogens (tertiary/aromatic N) is 1. The molecule has 2 saturated carbocycles. The number of benzene rings is 1. The molecule has 5 atom stereocenters. The lowest BCUT2D eigenvalue weighted by Crippen LogP contribution is -2.50. The third-order valence-corrected chi connectivity index (χ3v) is 9.64. The number of rotatable bonds is 5. The molecule has 4 heteroatoms. The molecule has 5 rings (SSSR count). The zero-order valence-corrected chi connectivity index (χ0v) is 20.7. The molecule has 4 aliphatic rings. The summed E-state index contributed by atoms with van der Waals surface area (Å²) in [5.41, 5.74) is 5.94. The van der Waals surface area contributed by atoms with Gasteiger partial charge in [-0.2, -0.15) is 0 Å². The van der Waals surface area contributed by atoms with Gasteiger partial charge in [-0.05, 0) is 91.7 Å². The minimum Gasteiger partial charge on any atom is -0.389 e. The average Bonchev–Trinajstić information content (AvgIpc) is 3.08. The summed E-state index contributed by atoms with van der Waals surface area (Å²) in [5.74, 6) is 1.39. The lowest BCUT2D eigenvalue weighted by Gasteiger charge is -2.52. The van der Waals surface area contributed by atoms with Crippen molar-refractivity contribution in [1.29, 1.82) is 0 Å². The summed E-state index contributed by atoms with van der Waals surface area (Å²) in [6.07, 6.45) is 10.3. The summed E-state index contributed by atoms with van der Waals surface area (Å²) >= 11 is 0. The van der Waals surface area contributed by atoms with Crippen molar-refractivity contribution < 1.29 is 14.6 Å². The van der Waals surface area contributed by atoms with E-state index in [2.05, 4.69) is 36.1 Å². The predicted octanol–water partition coefficient (Wildman–Crippen LogP) is 5.77. The molecule has 0 spiro atoms. The first-order valence-corrected chi connectivity index (χ1v) is 12.7. The second-order valence-corrected chi connectivity index (χ2v) is 11.3. The van der Waals surface area contributed by atoms with Crippen LogP contribution in [-0.4, -0.2) is 37.7 Å². The fourth-order valence-corrected chi connectivity index (χ4v) is 7.61. The summed E-state index contributed by atoms with van der Waals surface area (Å²) in [5, 5.41) is 12.1. The monoisotopic (exact) mass is 449 g/mol. The van der Waals surface area contributed by atoms with Crippen LogP contribution in [0.3, 0.4) is 0 Å². The molecule has 0 amide bonds. The van der Waals surface area contributed by atoms with Crippen LogP contribution in [-0.2, 0) is 9.53 Å². The standard InChI is InChI=1S/C29H39NO3/c1-28-15-13-24-23-12-10-22(31)17-20(23)7-11-25(24)26(28)14-16-29(28,32)18-27(33-4)19-5-8-21(9-6-19)30(2)3/h5-6,8-9,17,25-27,32H,7,10-16,18H2,1-4H3/t25-,26+,27?,28+,29-/m1/s1. The Morgan fingerprint density at radius 1 is 1.09 bits per heavy atom. The number of allylic oxidation sites excluding steroid dienone is 4. The molecule has 2 fully saturated rings. The SMILES string of the molecule is COC(C[C@]1(O)CC[C@H]2[C@@H]3CCC4=CC(=O)CCC4=C3CC[C@@]21C)c1ccc(N(C)C)cc1. The molecule has 4 nitrogen and oxygen atoms in total. The van der Waals surface area contributed by atoms with Gasteiger partial charge in [0.15, 0.2) is 5.78 Å². The van der Waals surface area contributed by atoms with Gasteiger partial charge in [0, 0.05) is 45.1 Å². The van der Waals surface area contributed by atoms with Crippen LogP contribution in [0.2, 0.25) is 0 Å². The molecule has 178 valence electrons. The number of anilines is 1. The highest BCUT2D eigenvalue weighted by Gasteiger charge is 2.61. The maximum absolute atomic E-state index is 12.1. The van der Waals surface area contributed by atoms with Gasteiger partial charge in [0.25, 0.3) is 0 Å². The highest BCUT2D eigenvalue weighted by molar-refractivity contribution is 5.93. The fraction of sp³-hybridized carbons (Fsp3) is 0.621. The number of ketones is 1. The molecule has 1 aromatic carbocycles. The normalized spacial score (nSPS) is 34.3. The first-order chi connectivity index (χ1) is 15.8. The Bertz CT molecular complexity index is 991. The average molecular weight is 450 g/mol. The van der Waals surface area contributed by atoms with Crippen LogP contribution in [0.5, 0.6) is 0 Å². The number of hydrogen-bond donors (Lipinski definition) is 1. The van der Waals surface area contributed by atoms with E-state index in [4.69, 9.17) is 4.74 Å². The zero-order valence-electron chi connectivity index (χ0n) is 20.7. The Balaban J connectivity index is 1.40. The molecular weight excluding hydrogens is 410 g/mol. The van der Waals surface area contributed by atoms with E-state index in [9.17, 15) is 9.90 Å². The van der Waals surface area contributed by atoms with Crippen molar-refractivity contribution >= 4 is 11.5 Å². The van der Waals surface area contributed by atoms with Gasteiger partial charge in [0.2, 0.25) is 0 Å². The van der Waals surface area contributed by atoms with Crippen LogP contribution in [0.25, 0.3) is 0 Å². The highest BCUT2D eigenvalue weighted by atomic mass is 16.5. The maximum Gasteiger partial charge on any atom is 0.156 e. The molecule has 0 aliphatic heterocycles. The third kappa shape index (κ3) is 3.70. The largest absolute Gasteiger partial charge is 0.389 e. The number of methoxy groups -OCH3 is 1. The smallest absolute Gasteiger partial charge is 0.156 e. The van der Waals surface area contributed by atoms with E-state index in [1.807, 2.05) is 20.2 Å². The quantitative estimate of drug-likeness (QED) is 0.620. The van der Waals surface area contributed by atoms with E-state index in [0.717, 1.165) is 50.5 Å². The van der Waals surface area contributed by atoms with E-state index in [1.165, 1.54) is 16.8 Å². The van der Waals surface area contributed by atoms with Crippen LogP contribution < -0.4 is 4.90 Å². The lowest BCUT2D eigenvalue weighted by molar-refractivity contribution is -0.118. The van der Waals surface area contributed by atoms with Gasteiger partial charge < -0.3 is 14.7 Å². The summed E-state index contributed by atoms with van der Waals surface area (Å²) in [6, 6.07) is 8.55. The molecule has 33 heavy (non-hydrogen) atoms.